The van der Waals surface area contributed by atoms with Crippen LogP contribution in [0.4, 0.5) is 0 Å². The molecule has 0 unspecified atom stereocenters. The van der Waals surface area contributed by atoms with Crippen LogP contribution in [0.2, 0.25) is 0 Å². The number of carbonyl (C=O) groups is 2. The number of hydrazone groups is 1. The lowest BCUT2D eigenvalue weighted by molar-refractivity contribution is -0.120. The third-order valence-electron chi connectivity index (χ3n) is 4.36. The first-order chi connectivity index (χ1) is 14.5. The number of benzene rings is 2. The highest BCUT2D eigenvalue weighted by Crippen LogP contribution is 2.30. The van der Waals surface area contributed by atoms with Crippen LogP contribution in [0, 0.1) is 0 Å². The highest BCUT2D eigenvalue weighted by Gasteiger charge is 2.15. The van der Waals surface area contributed by atoms with E-state index in [4.69, 9.17) is 18.9 Å². The first-order valence-electron chi connectivity index (χ1n) is 9.25. The monoisotopic (exact) mass is 413 g/mol. The number of methoxy groups -OCH3 is 2. The van der Waals surface area contributed by atoms with Crippen molar-refractivity contribution in [2.75, 3.05) is 34.0 Å². The summed E-state index contributed by atoms with van der Waals surface area (Å²) in [6, 6.07) is 10.1. The van der Waals surface area contributed by atoms with Gasteiger partial charge in [-0.2, -0.15) is 5.10 Å². The molecule has 0 saturated heterocycles. The van der Waals surface area contributed by atoms with Crippen LogP contribution in [0.15, 0.2) is 41.5 Å². The molecule has 3 rings (SSSR count). The lowest BCUT2D eigenvalue weighted by Crippen LogP contribution is -2.35. The molecule has 1 heterocycles. The summed E-state index contributed by atoms with van der Waals surface area (Å²) >= 11 is 0. The molecule has 0 fully saturated rings. The van der Waals surface area contributed by atoms with Crippen LogP contribution >= 0.6 is 0 Å². The molecule has 2 N–H and O–H groups in total. The van der Waals surface area contributed by atoms with Crippen LogP contribution in [-0.4, -0.2) is 51.5 Å². The summed E-state index contributed by atoms with van der Waals surface area (Å²) in [6.07, 6.45) is 0. The van der Waals surface area contributed by atoms with Crippen molar-refractivity contribution in [3.63, 3.8) is 0 Å². The lowest BCUT2D eigenvalue weighted by atomic mass is 10.1. The van der Waals surface area contributed by atoms with Gasteiger partial charge in [-0.15, -0.1) is 0 Å². The second-order valence-corrected chi connectivity index (χ2v) is 6.34. The molecule has 158 valence electrons. The van der Waals surface area contributed by atoms with Gasteiger partial charge in [-0.05, 0) is 37.3 Å². The summed E-state index contributed by atoms with van der Waals surface area (Å²) in [6.45, 7) is 2.40. The Bertz CT molecular complexity index is 973. The first kappa shape index (κ1) is 21.0. The van der Waals surface area contributed by atoms with E-state index in [1.54, 1.807) is 50.4 Å². The summed E-state index contributed by atoms with van der Waals surface area (Å²) in [5.74, 6) is 1.44. The van der Waals surface area contributed by atoms with E-state index in [1.165, 1.54) is 7.11 Å². The van der Waals surface area contributed by atoms with Gasteiger partial charge in [-0.25, -0.2) is 5.43 Å². The second-order valence-electron chi connectivity index (χ2n) is 6.34. The van der Waals surface area contributed by atoms with Crippen molar-refractivity contribution in [2.24, 2.45) is 5.10 Å². The normalized spacial score (nSPS) is 12.7. The van der Waals surface area contributed by atoms with E-state index >= 15 is 0 Å². The third kappa shape index (κ3) is 4.99. The smallest absolute Gasteiger partial charge is 0.259 e. The van der Waals surface area contributed by atoms with E-state index in [-0.39, 0.29) is 6.54 Å². The zero-order valence-corrected chi connectivity index (χ0v) is 17.0. The fraction of sp³-hybridized carbons (Fsp3) is 0.286. The number of fused-ring (bicyclic) bond motifs is 1. The number of rotatable bonds is 7. The zero-order valence-electron chi connectivity index (χ0n) is 17.0. The number of amides is 2. The van der Waals surface area contributed by atoms with E-state index in [9.17, 15) is 9.59 Å². The van der Waals surface area contributed by atoms with Crippen LogP contribution in [0.1, 0.15) is 22.8 Å². The molecule has 2 amide bonds. The van der Waals surface area contributed by atoms with E-state index in [0.717, 1.165) is 0 Å². The fourth-order valence-corrected chi connectivity index (χ4v) is 2.79. The highest BCUT2D eigenvalue weighted by atomic mass is 16.6. The van der Waals surface area contributed by atoms with Gasteiger partial charge in [0, 0.05) is 17.2 Å². The zero-order chi connectivity index (χ0) is 21.5. The van der Waals surface area contributed by atoms with E-state index in [1.807, 2.05) is 0 Å². The summed E-state index contributed by atoms with van der Waals surface area (Å²) in [7, 11) is 3.10. The van der Waals surface area contributed by atoms with E-state index < -0.39 is 11.8 Å². The quantitative estimate of drug-likeness (QED) is 0.529. The van der Waals surface area contributed by atoms with Gasteiger partial charge in [0.2, 0.25) is 0 Å². The Kier molecular flexibility index (Phi) is 6.74. The molecule has 1 aliphatic heterocycles. The van der Waals surface area contributed by atoms with E-state index in [2.05, 4.69) is 15.8 Å². The van der Waals surface area contributed by atoms with E-state index in [0.29, 0.717) is 53.1 Å². The first-order valence-corrected chi connectivity index (χ1v) is 9.25. The van der Waals surface area contributed by atoms with Crippen molar-refractivity contribution >= 4 is 17.5 Å². The maximum atomic E-state index is 12.3. The van der Waals surface area contributed by atoms with Gasteiger partial charge >= 0.3 is 0 Å². The Hall–Kier alpha value is -3.75. The Balaban J connectivity index is 1.56. The molecule has 9 heteroatoms. The predicted octanol–water partition coefficient (Wildman–Crippen LogP) is 1.75. The molecule has 0 radical (unpaired) electrons. The standard InChI is InChI=1S/C21H23N3O6/c1-13(16-6-5-15(27-2)11-18(16)28-3)23-24-20(25)12-22-21(26)14-4-7-17-19(10-14)30-9-8-29-17/h4-7,10-11H,8-9,12H2,1-3H3,(H,22,26)(H,24,25)/b23-13-. The minimum Gasteiger partial charge on any atom is -0.497 e. The molecule has 0 aromatic heterocycles. The molecular weight excluding hydrogens is 390 g/mol. The van der Waals surface area contributed by atoms with Crippen LogP contribution in [0.25, 0.3) is 0 Å². The molecule has 2 aromatic carbocycles. The largest absolute Gasteiger partial charge is 0.497 e. The molecule has 1 aliphatic rings. The predicted molar refractivity (Wildman–Crippen MR) is 110 cm³/mol. The maximum absolute atomic E-state index is 12.3. The average Bonchev–Trinajstić information content (AvgIpc) is 2.80. The molecular formula is C21H23N3O6. The summed E-state index contributed by atoms with van der Waals surface area (Å²) in [4.78, 5) is 24.4. The second kappa shape index (κ2) is 9.64. The fourth-order valence-electron chi connectivity index (χ4n) is 2.79. The number of ether oxygens (including phenoxy) is 4. The summed E-state index contributed by atoms with van der Waals surface area (Å²) in [5, 5.41) is 6.62. The lowest BCUT2D eigenvalue weighted by Gasteiger charge is -2.18. The number of hydrogen-bond acceptors (Lipinski definition) is 7. The molecule has 0 atom stereocenters. The van der Waals surface area contributed by atoms with Gasteiger partial charge in [0.05, 0.1) is 26.5 Å². The molecule has 9 nitrogen and oxygen atoms in total. The van der Waals surface area contributed by atoms with Gasteiger partial charge in [-0.1, -0.05) is 0 Å². The van der Waals surface area contributed by atoms with Gasteiger partial charge in [0.1, 0.15) is 24.7 Å². The van der Waals surface area contributed by atoms with Crippen LogP contribution in [-0.2, 0) is 4.79 Å². The Labute approximate surface area is 174 Å². The average molecular weight is 413 g/mol. The Morgan fingerprint density at radius 2 is 1.80 bits per heavy atom. The van der Waals surface area contributed by atoms with Crippen molar-refractivity contribution in [2.45, 2.75) is 6.92 Å². The summed E-state index contributed by atoms with van der Waals surface area (Å²) < 4.78 is 21.4. The number of hydrogen-bond donors (Lipinski definition) is 2. The highest BCUT2D eigenvalue weighted by molar-refractivity contribution is 6.02. The molecule has 0 spiro atoms. The maximum Gasteiger partial charge on any atom is 0.259 e. The topological polar surface area (TPSA) is 107 Å². The SMILES string of the molecule is COc1ccc(/C(C)=N\NC(=O)CNC(=O)c2ccc3c(c2)OCCO3)c(OC)c1. The van der Waals surface area contributed by atoms with Gasteiger partial charge < -0.3 is 24.3 Å². The third-order valence-corrected chi connectivity index (χ3v) is 4.36. The molecule has 2 aromatic rings. The Morgan fingerprint density at radius 1 is 1.03 bits per heavy atom. The van der Waals surface area contributed by atoms with Gasteiger partial charge in [0.25, 0.3) is 11.8 Å². The molecule has 0 saturated carbocycles. The van der Waals surface area contributed by atoms with Crippen LogP contribution < -0.4 is 29.7 Å². The van der Waals surface area contributed by atoms with Crippen molar-refractivity contribution in [3.8, 4) is 23.0 Å². The van der Waals surface area contributed by atoms with Gasteiger partial charge in [-0.3, -0.25) is 9.59 Å². The van der Waals surface area contributed by atoms with Crippen molar-refractivity contribution < 1.29 is 28.5 Å². The van der Waals surface area contributed by atoms with Crippen LogP contribution in [0.5, 0.6) is 23.0 Å². The molecule has 0 bridgehead atoms. The van der Waals surface area contributed by atoms with Gasteiger partial charge in [0.15, 0.2) is 11.5 Å². The molecule has 30 heavy (non-hydrogen) atoms. The minimum absolute atomic E-state index is 0.232. The van der Waals surface area contributed by atoms with Crippen molar-refractivity contribution in [3.05, 3.63) is 47.5 Å². The number of carbonyl (C=O) groups excluding carboxylic acids is 2. The minimum atomic E-state index is -0.465. The van der Waals surface area contributed by atoms with Crippen molar-refractivity contribution in [1.29, 1.82) is 0 Å². The number of nitrogens with one attached hydrogen (secondary N) is 2. The Morgan fingerprint density at radius 3 is 2.53 bits per heavy atom. The van der Waals surface area contributed by atoms with Crippen LogP contribution in [0.3, 0.4) is 0 Å². The molecule has 0 aliphatic carbocycles. The number of nitrogens with zero attached hydrogens (tertiary/aromatic N) is 1. The summed E-state index contributed by atoms with van der Waals surface area (Å²) in [5.41, 5.74) is 4.04. The van der Waals surface area contributed by atoms with Crippen molar-refractivity contribution in [1.82, 2.24) is 10.7 Å².